The van der Waals surface area contributed by atoms with Gasteiger partial charge < -0.3 is 0 Å². The van der Waals surface area contributed by atoms with Crippen molar-refractivity contribution in [2.24, 2.45) is 5.41 Å². The van der Waals surface area contributed by atoms with E-state index < -0.39 is 0 Å². The number of hydrogen-bond donors (Lipinski definition) is 0. The summed E-state index contributed by atoms with van der Waals surface area (Å²) in [4.78, 5) is 22.8. The zero-order chi connectivity index (χ0) is 15.5. The van der Waals surface area contributed by atoms with Gasteiger partial charge in [0.05, 0.1) is 10.2 Å². The van der Waals surface area contributed by atoms with E-state index in [4.69, 9.17) is 0 Å². The number of para-hydroxylation sites is 1. The van der Waals surface area contributed by atoms with Gasteiger partial charge in [-0.1, -0.05) is 39.0 Å². The number of amides is 1. The molecule has 0 aliphatic rings. The van der Waals surface area contributed by atoms with Crippen LogP contribution < -0.4 is 4.90 Å². The molecule has 0 saturated carbocycles. The monoisotopic (exact) mass is 347 g/mol. The van der Waals surface area contributed by atoms with Crippen LogP contribution in [0.15, 0.2) is 47.2 Å². The summed E-state index contributed by atoms with van der Waals surface area (Å²) in [6.07, 6.45) is 3.70. The Kier molecular flexibility index (Phi) is 4.73. The summed E-state index contributed by atoms with van der Waals surface area (Å²) in [7, 11) is 0. The minimum atomic E-state index is -0.0977. The number of aromatic nitrogens is 2. The van der Waals surface area contributed by atoms with Crippen LogP contribution in [-0.2, 0) is 4.79 Å². The van der Waals surface area contributed by atoms with Crippen LogP contribution in [0.3, 0.4) is 0 Å². The number of benzene rings is 1. The second kappa shape index (κ2) is 6.35. The molecule has 0 radical (unpaired) electrons. The Labute approximate surface area is 133 Å². The quantitative estimate of drug-likeness (QED) is 0.829. The summed E-state index contributed by atoms with van der Waals surface area (Å²) < 4.78 is 0.780. The summed E-state index contributed by atoms with van der Waals surface area (Å²) >= 11 is 3.31. The molecule has 1 heterocycles. The molecule has 0 aliphatic carbocycles. The van der Waals surface area contributed by atoms with Gasteiger partial charge in [-0.05, 0) is 33.5 Å². The number of carbonyl (C=O) groups excluding carboxylic acids is 1. The molecule has 0 aliphatic heterocycles. The Hall–Kier alpha value is -1.75. The van der Waals surface area contributed by atoms with Crippen LogP contribution in [-0.4, -0.2) is 15.9 Å². The molecule has 0 N–H and O–H groups in total. The van der Waals surface area contributed by atoms with Crippen LogP contribution in [0, 0.1) is 5.41 Å². The van der Waals surface area contributed by atoms with Crippen LogP contribution in [0.2, 0.25) is 0 Å². The predicted octanol–water partition coefficient (Wildman–Crippen LogP) is 4.34. The Morgan fingerprint density at radius 2 is 1.71 bits per heavy atom. The lowest BCUT2D eigenvalue weighted by Crippen LogP contribution is -2.30. The van der Waals surface area contributed by atoms with Crippen molar-refractivity contribution in [1.29, 1.82) is 0 Å². The molecule has 2 rings (SSSR count). The normalized spacial score (nSPS) is 11.2. The second-order valence-electron chi connectivity index (χ2n) is 6.00. The van der Waals surface area contributed by atoms with E-state index in [2.05, 4.69) is 25.9 Å². The van der Waals surface area contributed by atoms with Crippen molar-refractivity contribution in [2.45, 2.75) is 27.2 Å². The molecule has 1 aromatic carbocycles. The maximum atomic E-state index is 12.7. The number of rotatable bonds is 3. The highest BCUT2D eigenvalue weighted by molar-refractivity contribution is 9.10. The molecule has 0 fully saturated rings. The van der Waals surface area contributed by atoms with E-state index in [1.54, 1.807) is 17.3 Å². The van der Waals surface area contributed by atoms with Gasteiger partial charge in [-0.15, -0.1) is 0 Å². The van der Waals surface area contributed by atoms with Gasteiger partial charge in [-0.3, -0.25) is 4.79 Å². The first-order valence-electron chi connectivity index (χ1n) is 6.72. The van der Waals surface area contributed by atoms with Crippen molar-refractivity contribution in [3.63, 3.8) is 0 Å². The molecule has 0 bridgehead atoms. The van der Waals surface area contributed by atoms with Gasteiger partial charge in [0.2, 0.25) is 11.9 Å². The van der Waals surface area contributed by atoms with E-state index in [9.17, 15) is 4.79 Å². The number of carbonyl (C=O) groups is 1. The number of halogens is 1. The van der Waals surface area contributed by atoms with E-state index in [-0.39, 0.29) is 11.3 Å². The van der Waals surface area contributed by atoms with Crippen molar-refractivity contribution in [3.8, 4) is 0 Å². The lowest BCUT2D eigenvalue weighted by Gasteiger charge is -2.25. The summed E-state index contributed by atoms with van der Waals surface area (Å²) in [5, 5.41) is 0. The zero-order valence-corrected chi connectivity index (χ0v) is 14.0. The zero-order valence-electron chi connectivity index (χ0n) is 12.4. The first kappa shape index (κ1) is 15.6. The Bertz CT molecular complexity index is 606. The van der Waals surface area contributed by atoms with Gasteiger partial charge in [0, 0.05) is 18.8 Å². The molecule has 1 amide bonds. The fourth-order valence-electron chi connectivity index (χ4n) is 1.90. The van der Waals surface area contributed by atoms with E-state index in [0.29, 0.717) is 12.4 Å². The van der Waals surface area contributed by atoms with Crippen molar-refractivity contribution >= 4 is 33.5 Å². The summed E-state index contributed by atoms with van der Waals surface area (Å²) in [5.74, 6) is 0.370. The lowest BCUT2D eigenvalue weighted by molar-refractivity contribution is -0.119. The first-order valence-corrected chi connectivity index (χ1v) is 7.52. The average molecular weight is 348 g/mol. The largest absolute Gasteiger partial charge is 0.274 e. The molecule has 110 valence electrons. The molecular weight excluding hydrogens is 330 g/mol. The summed E-state index contributed by atoms with van der Waals surface area (Å²) in [6, 6.07) is 9.47. The molecule has 0 saturated heterocycles. The van der Waals surface area contributed by atoms with E-state index in [0.717, 1.165) is 10.2 Å². The average Bonchev–Trinajstić information content (AvgIpc) is 2.40. The minimum absolute atomic E-state index is 0.0176. The second-order valence-corrected chi connectivity index (χ2v) is 6.92. The molecule has 21 heavy (non-hydrogen) atoms. The third-order valence-corrected chi connectivity index (χ3v) is 3.16. The van der Waals surface area contributed by atoms with Gasteiger partial charge in [0.15, 0.2) is 0 Å². The SMILES string of the molecule is CC(C)(C)CC(=O)N(c1ccccc1)c1ncc(Br)cn1. The van der Waals surface area contributed by atoms with Crippen molar-refractivity contribution in [2.75, 3.05) is 4.90 Å². The standard InChI is InChI=1S/C16H18BrN3O/c1-16(2,3)9-14(21)20(13-7-5-4-6-8-13)15-18-10-12(17)11-19-15/h4-8,10-11H,9H2,1-3H3. The highest BCUT2D eigenvalue weighted by Crippen LogP contribution is 2.27. The first-order chi connectivity index (χ1) is 9.87. The fraction of sp³-hybridized carbons (Fsp3) is 0.312. The van der Waals surface area contributed by atoms with Gasteiger partial charge >= 0.3 is 0 Å². The molecule has 5 heteroatoms. The third-order valence-electron chi connectivity index (χ3n) is 2.75. The maximum absolute atomic E-state index is 12.7. The lowest BCUT2D eigenvalue weighted by atomic mass is 9.91. The van der Waals surface area contributed by atoms with Crippen LogP contribution in [0.25, 0.3) is 0 Å². The van der Waals surface area contributed by atoms with E-state index >= 15 is 0 Å². The Morgan fingerprint density at radius 3 is 2.24 bits per heavy atom. The highest BCUT2D eigenvalue weighted by atomic mass is 79.9. The summed E-state index contributed by atoms with van der Waals surface area (Å²) in [6.45, 7) is 6.11. The van der Waals surface area contributed by atoms with Gasteiger partial charge in [-0.25, -0.2) is 14.9 Å². The smallest absolute Gasteiger partial charge is 0.236 e. The van der Waals surface area contributed by atoms with E-state index in [1.807, 2.05) is 51.1 Å². The molecule has 0 unspecified atom stereocenters. The third kappa shape index (κ3) is 4.36. The highest BCUT2D eigenvalue weighted by Gasteiger charge is 2.25. The van der Waals surface area contributed by atoms with Gasteiger partial charge in [0.1, 0.15) is 0 Å². The fourth-order valence-corrected chi connectivity index (χ4v) is 2.11. The summed E-state index contributed by atoms with van der Waals surface area (Å²) in [5.41, 5.74) is 0.675. The Morgan fingerprint density at radius 1 is 1.14 bits per heavy atom. The number of anilines is 2. The maximum Gasteiger partial charge on any atom is 0.236 e. The van der Waals surface area contributed by atoms with Crippen molar-refractivity contribution in [1.82, 2.24) is 9.97 Å². The van der Waals surface area contributed by atoms with Crippen LogP contribution in [0.1, 0.15) is 27.2 Å². The number of hydrogen-bond acceptors (Lipinski definition) is 3. The molecule has 2 aromatic rings. The van der Waals surface area contributed by atoms with Crippen molar-refractivity contribution in [3.05, 3.63) is 47.2 Å². The van der Waals surface area contributed by atoms with Crippen LogP contribution >= 0.6 is 15.9 Å². The molecule has 4 nitrogen and oxygen atoms in total. The molecule has 1 aromatic heterocycles. The van der Waals surface area contributed by atoms with Crippen LogP contribution in [0.4, 0.5) is 11.6 Å². The molecule has 0 atom stereocenters. The Balaban J connectivity index is 2.40. The molecule has 0 spiro atoms. The van der Waals surface area contributed by atoms with Crippen molar-refractivity contribution < 1.29 is 4.79 Å². The van der Waals surface area contributed by atoms with Gasteiger partial charge in [-0.2, -0.15) is 0 Å². The minimum Gasteiger partial charge on any atom is -0.274 e. The van der Waals surface area contributed by atoms with Crippen LogP contribution in [0.5, 0.6) is 0 Å². The van der Waals surface area contributed by atoms with E-state index in [1.165, 1.54) is 0 Å². The topological polar surface area (TPSA) is 46.1 Å². The molecular formula is C16H18BrN3O. The number of nitrogens with zero attached hydrogens (tertiary/aromatic N) is 3. The van der Waals surface area contributed by atoms with Gasteiger partial charge in [0.25, 0.3) is 0 Å². The predicted molar refractivity (Wildman–Crippen MR) is 87.4 cm³/mol.